The summed E-state index contributed by atoms with van der Waals surface area (Å²) in [6, 6.07) is 5.52. The SMILES string of the molecule is CC(C)(C)NC(=O)NCCOc1ccc(F)cc1. The largest absolute Gasteiger partial charge is 0.492 e. The minimum Gasteiger partial charge on any atom is -0.492 e. The van der Waals surface area contributed by atoms with E-state index in [-0.39, 0.29) is 17.4 Å². The Labute approximate surface area is 107 Å². The summed E-state index contributed by atoms with van der Waals surface area (Å²) < 4.78 is 17.9. The van der Waals surface area contributed by atoms with Crippen LogP contribution >= 0.6 is 0 Å². The van der Waals surface area contributed by atoms with Crippen LogP contribution in [0.5, 0.6) is 5.75 Å². The molecule has 0 radical (unpaired) electrons. The lowest BCUT2D eigenvalue weighted by Crippen LogP contribution is -2.47. The van der Waals surface area contributed by atoms with Gasteiger partial charge < -0.3 is 15.4 Å². The van der Waals surface area contributed by atoms with Crippen molar-refractivity contribution in [3.63, 3.8) is 0 Å². The van der Waals surface area contributed by atoms with Crippen LogP contribution in [0.3, 0.4) is 0 Å². The van der Waals surface area contributed by atoms with E-state index >= 15 is 0 Å². The molecule has 0 aliphatic heterocycles. The molecule has 0 saturated carbocycles. The fourth-order valence-electron chi connectivity index (χ4n) is 1.25. The Morgan fingerprint density at radius 3 is 2.44 bits per heavy atom. The first kappa shape index (κ1) is 14.3. The summed E-state index contributed by atoms with van der Waals surface area (Å²) in [5.41, 5.74) is -0.262. The molecule has 18 heavy (non-hydrogen) atoms. The normalized spacial score (nSPS) is 10.9. The zero-order valence-electron chi connectivity index (χ0n) is 10.9. The van der Waals surface area contributed by atoms with Gasteiger partial charge in [-0.1, -0.05) is 0 Å². The van der Waals surface area contributed by atoms with Gasteiger partial charge in [0.15, 0.2) is 0 Å². The molecule has 0 bridgehead atoms. The van der Waals surface area contributed by atoms with Gasteiger partial charge in [0, 0.05) is 5.54 Å². The Hall–Kier alpha value is -1.78. The van der Waals surface area contributed by atoms with Crippen molar-refractivity contribution >= 4 is 6.03 Å². The summed E-state index contributed by atoms with van der Waals surface area (Å²) >= 11 is 0. The van der Waals surface area contributed by atoms with Crippen LogP contribution in [0.2, 0.25) is 0 Å². The number of nitrogens with one attached hydrogen (secondary N) is 2. The van der Waals surface area contributed by atoms with E-state index in [0.29, 0.717) is 18.9 Å². The number of amides is 2. The van der Waals surface area contributed by atoms with Crippen molar-refractivity contribution in [1.29, 1.82) is 0 Å². The van der Waals surface area contributed by atoms with Gasteiger partial charge in [-0.25, -0.2) is 9.18 Å². The quantitative estimate of drug-likeness (QED) is 0.810. The number of hydrogen-bond donors (Lipinski definition) is 2. The van der Waals surface area contributed by atoms with Gasteiger partial charge in [-0.2, -0.15) is 0 Å². The first-order valence-corrected chi connectivity index (χ1v) is 5.81. The van der Waals surface area contributed by atoms with Crippen LogP contribution in [0.15, 0.2) is 24.3 Å². The van der Waals surface area contributed by atoms with Crippen molar-refractivity contribution in [2.45, 2.75) is 26.3 Å². The van der Waals surface area contributed by atoms with Gasteiger partial charge in [-0.05, 0) is 45.0 Å². The van der Waals surface area contributed by atoms with Gasteiger partial charge >= 0.3 is 6.03 Å². The summed E-state index contributed by atoms with van der Waals surface area (Å²) in [7, 11) is 0. The van der Waals surface area contributed by atoms with Crippen LogP contribution in [0.4, 0.5) is 9.18 Å². The Morgan fingerprint density at radius 1 is 1.28 bits per heavy atom. The molecule has 100 valence electrons. The van der Waals surface area contributed by atoms with Crippen LogP contribution < -0.4 is 15.4 Å². The molecule has 0 aliphatic carbocycles. The maximum atomic E-state index is 12.6. The molecule has 4 nitrogen and oxygen atoms in total. The molecule has 0 aromatic heterocycles. The first-order chi connectivity index (χ1) is 8.37. The lowest BCUT2D eigenvalue weighted by molar-refractivity contribution is 0.228. The highest BCUT2D eigenvalue weighted by molar-refractivity contribution is 5.74. The van der Waals surface area contributed by atoms with Crippen LogP contribution in [-0.2, 0) is 0 Å². The van der Waals surface area contributed by atoms with E-state index in [0.717, 1.165) is 0 Å². The minimum absolute atomic E-state index is 0.231. The zero-order valence-corrected chi connectivity index (χ0v) is 10.9. The molecule has 1 aromatic carbocycles. The molecule has 0 saturated heterocycles. The van der Waals surface area contributed by atoms with Crippen LogP contribution in [-0.4, -0.2) is 24.7 Å². The van der Waals surface area contributed by atoms with Gasteiger partial charge in [0.25, 0.3) is 0 Å². The monoisotopic (exact) mass is 254 g/mol. The number of carbonyl (C=O) groups excluding carboxylic acids is 1. The molecule has 0 unspecified atom stereocenters. The highest BCUT2D eigenvalue weighted by atomic mass is 19.1. The lowest BCUT2D eigenvalue weighted by Gasteiger charge is -2.20. The average Bonchev–Trinajstić information content (AvgIpc) is 2.24. The standard InChI is InChI=1S/C13H19FN2O2/c1-13(2,3)16-12(17)15-8-9-18-11-6-4-10(14)5-7-11/h4-7H,8-9H2,1-3H3,(H2,15,16,17). The van der Waals surface area contributed by atoms with Gasteiger partial charge in [0.1, 0.15) is 18.2 Å². The summed E-state index contributed by atoms with van der Waals surface area (Å²) in [4.78, 5) is 11.4. The van der Waals surface area contributed by atoms with Crippen molar-refractivity contribution in [2.75, 3.05) is 13.2 Å². The molecule has 1 rings (SSSR count). The summed E-state index contributed by atoms with van der Waals surface area (Å²) in [6.45, 7) is 6.44. The number of ether oxygens (including phenoxy) is 1. The number of benzene rings is 1. The zero-order chi connectivity index (χ0) is 13.6. The fraction of sp³-hybridized carbons (Fsp3) is 0.462. The second-order valence-corrected chi connectivity index (χ2v) is 4.93. The number of carbonyl (C=O) groups is 1. The molecule has 1 aromatic rings. The predicted octanol–water partition coefficient (Wildman–Crippen LogP) is 2.30. The Balaban J connectivity index is 2.19. The van der Waals surface area contributed by atoms with Crippen molar-refractivity contribution in [1.82, 2.24) is 10.6 Å². The van der Waals surface area contributed by atoms with Gasteiger partial charge in [0.05, 0.1) is 6.54 Å². The van der Waals surface area contributed by atoms with E-state index in [4.69, 9.17) is 4.74 Å². The Bertz CT molecular complexity index is 385. The van der Waals surface area contributed by atoms with Crippen LogP contribution in [0.1, 0.15) is 20.8 Å². The molecule has 0 heterocycles. The predicted molar refractivity (Wildman–Crippen MR) is 68.2 cm³/mol. The lowest BCUT2D eigenvalue weighted by atomic mass is 10.1. The molecular formula is C13H19FN2O2. The highest BCUT2D eigenvalue weighted by Gasteiger charge is 2.12. The third-order valence-electron chi connectivity index (χ3n) is 1.96. The summed E-state index contributed by atoms with van der Waals surface area (Å²) in [5.74, 6) is 0.277. The van der Waals surface area contributed by atoms with Gasteiger partial charge in [0.2, 0.25) is 0 Å². The second kappa shape index (κ2) is 6.23. The van der Waals surface area contributed by atoms with E-state index in [9.17, 15) is 9.18 Å². The first-order valence-electron chi connectivity index (χ1n) is 5.81. The van der Waals surface area contributed by atoms with E-state index in [1.807, 2.05) is 20.8 Å². The second-order valence-electron chi connectivity index (χ2n) is 4.93. The molecule has 0 atom stereocenters. The number of rotatable bonds is 4. The third kappa shape index (κ3) is 6.08. The topological polar surface area (TPSA) is 50.4 Å². The fourth-order valence-corrected chi connectivity index (χ4v) is 1.25. The van der Waals surface area contributed by atoms with Crippen molar-refractivity contribution in [2.24, 2.45) is 0 Å². The minimum atomic E-state index is -0.301. The molecular weight excluding hydrogens is 235 g/mol. The summed E-state index contributed by atoms with van der Waals surface area (Å²) in [6.07, 6.45) is 0. The van der Waals surface area contributed by atoms with E-state index in [2.05, 4.69) is 10.6 Å². The van der Waals surface area contributed by atoms with Crippen molar-refractivity contribution in [3.8, 4) is 5.75 Å². The van der Waals surface area contributed by atoms with Crippen molar-refractivity contribution in [3.05, 3.63) is 30.1 Å². The van der Waals surface area contributed by atoms with Gasteiger partial charge in [-0.3, -0.25) is 0 Å². The highest BCUT2D eigenvalue weighted by Crippen LogP contribution is 2.10. The van der Waals surface area contributed by atoms with Crippen molar-refractivity contribution < 1.29 is 13.9 Å². The summed E-state index contributed by atoms with van der Waals surface area (Å²) in [5, 5.41) is 5.44. The maximum Gasteiger partial charge on any atom is 0.315 e. The molecule has 0 aliphatic rings. The number of halogens is 1. The van der Waals surface area contributed by atoms with E-state index in [1.165, 1.54) is 12.1 Å². The number of urea groups is 1. The van der Waals surface area contributed by atoms with Gasteiger partial charge in [-0.15, -0.1) is 0 Å². The smallest absolute Gasteiger partial charge is 0.315 e. The third-order valence-corrected chi connectivity index (χ3v) is 1.96. The molecule has 0 spiro atoms. The Kier molecular flexibility index (Phi) is 4.95. The van der Waals surface area contributed by atoms with E-state index in [1.54, 1.807) is 12.1 Å². The Morgan fingerprint density at radius 2 is 1.89 bits per heavy atom. The van der Waals surface area contributed by atoms with E-state index < -0.39 is 0 Å². The molecule has 2 N–H and O–H groups in total. The average molecular weight is 254 g/mol. The molecule has 2 amide bonds. The number of hydrogen-bond acceptors (Lipinski definition) is 2. The molecule has 0 fully saturated rings. The maximum absolute atomic E-state index is 12.6. The molecule has 5 heteroatoms. The van der Waals surface area contributed by atoms with Crippen LogP contribution in [0, 0.1) is 5.82 Å². The van der Waals surface area contributed by atoms with Crippen LogP contribution in [0.25, 0.3) is 0 Å².